The van der Waals surface area contributed by atoms with E-state index in [4.69, 9.17) is 16.3 Å². The number of aryl methyl sites for hydroxylation is 1. The molecule has 0 saturated heterocycles. The molecular weight excluding hydrogens is 224 g/mol. The van der Waals surface area contributed by atoms with Gasteiger partial charge in [0.05, 0.1) is 7.11 Å². The highest BCUT2D eigenvalue weighted by Gasteiger charge is 2.13. The molecule has 1 aromatic carbocycles. The van der Waals surface area contributed by atoms with E-state index in [-0.39, 0.29) is 11.2 Å². The molecule has 0 spiro atoms. The van der Waals surface area contributed by atoms with Crippen LogP contribution in [-0.2, 0) is 4.79 Å². The van der Waals surface area contributed by atoms with Gasteiger partial charge in [-0.1, -0.05) is 19.1 Å². The molecule has 0 aliphatic carbocycles. The maximum absolute atomic E-state index is 10.9. The minimum atomic E-state index is -0.277. The van der Waals surface area contributed by atoms with Crippen molar-refractivity contribution in [1.29, 1.82) is 0 Å². The average molecular weight is 241 g/mol. The van der Waals surface area contributed by atoms with Crippen molar-refractivity contribution < 1.29 is 9.53 Å². The van der Waals surface area contributed by atoms with E-state index in [1.807, 2.05) is 19.1 Å². The second-order valence-corrected chi connectivity index (χ2v) is 4.32. The summed E-state index contributed by atoms with van der Waals surface area (Å²) in [6.45, 7) is 4.06. The Morgan fingerprint density at radius 1 is 1.50 bits per heavy atom. The van der Waals surface area contributed by atoms with Gasteiger partial charge in [-0.25, -0.2) is 0 Å². The van der Waals surface area contributed by atoms with E-state index in [1.165, 1.54) is 0 Å². The lowest BCUT2D eigenvalue weighted by Crippen LogP contribution is -2.02. The first-order valence-corrected chi connectivity index (χ1v) is 5.79. The van der Waals surface area contributed by atoms with Gasteiger partial charge in [0.2, 0.25) is 5.24 Å². The minimum Gasteiger partial charge on any atom is -0.496 e. The second-order valence-electron chi connectivity index (χ2n) is 3.89. The fourth-order valence-electron chi connectivity index (χ4n) is 1.85. The van der Waals surface area contributed by atoms with E-state index in [0.717, 1.165) is 23.3 Å². The number of hydrogen-bond acceptors (Lipinski definition) is 2. The van der Waals surface area contributed by atoms with Gasteiger partial charge in [-0.2, -0.15) is 0 Å². The molecule has 0 heterocycles. The third kappa shape index (κ3) is 3.24. The van der Waals surface area contributed by atoms with Gasteiger partial charge < -0.3 is 4.74 Å². The van der Waals surface area contributed by atoms with E-state index >= 15 is 0 Å². The number of hydrogen-bond donors (Lipinski definition) is 0. The Balaban J connectivity index is 2.93. The predicted octanol–water partition coefficient (Wildman–Crippen LogP) is 3.65. The summed E-state index contributed by atoms with van der Waals surface area (Å²) >= 11 is 5.44. The van der Waals surface area contributed by atoms with Crippen molar-refractivity contribution in [3.8, 4) is 5.75 Å². The van der Waals surface area contributed by atoms with Crippen LogP contribution >= 0.6 is 11.6 Å². The van der Waals surface area contributed by atoms with Gasteiger partial charge in [-0.3, -0.25) is 4.79 Å². The Kier molecular flexibility index (Phi) is 4.81. The van der Waals surface area contributed by atoms with E-state index in [0.29, 0.717) is 6.42 Å². The predicted molar refractivity (Wildman–Crippen MR) is 66.2 cm³/mol. The van der Waals surface area contributed by atoms with Crippen LogP contribution in [0.3, 0.4) is 0 Å². The van der Waals surface area contributed by atoms with Gasteiger partial charge in [0, 0.05) is 6.42 Å². The Bertz CT molecular complexity index is 374. The standard InChI is InChI=1S/C13H17ClO2/c1-4-10(8-13(14)15)11-5-6-12(16-3)9(2)7-11/h5-7,10H,4,8H2,1-3H3. The average Bonchev–Trinajstić information content (AvgIpc) is 2.25. The molecule has 1 aromatic rings. The molecule has 0 fully saturated rings. The molecule has 0 N–H and O–H groups in total. The molecule has 1 atom stereocenters. The summed E-state index contributed by atoms with van der Waals surface area (Å²) in [6.07, 6.45) is 1.30. The quantitative estimate of drug-likeness (QED) is 0.735. The summed E-state index contributed by atoms with van der Waals surface area (Å²) < 4.78 is 5.20. The molecule has 0 aliphatic rings. The second kappa shape index (κ2) is 5.90. The van der Waals surface area contributed by atoms with Crippen molar-refractivity contribution in [2.24, 2.45) is 0 Å². The van der Waals surface area contributed by atoms with Crippen molar-refractivity contribution in [3.05, 3.63) is 29.3 Å². The third-order valence-corrected chi connectivity index (χ3v) is 2.94. The van der Waals surface area contributed by atoms with Crippen LogP contribution in [0.15, 0.2) is 18.2 Å². The summed E-state index contributed by atoms with van der Waals surface area (Å²) in [4.78, 5) is 10.9. The Hall–Kier alpha value is -1.02. The molecule has 88 valence electrons. The largest absolute Gasteiger partial charge is 0.496 e. The van der Waals surface area contributed by atoms with Crippen LogP contribution in [0.1, 0.15) is 36.8 Å². The highest BCUT2D eigenvalue weighted by Crippen LogP contribution is 2.28. The summed E-state index contributed by atoms with van der Waals surface area (Å²) in [5.41, 5.74) is 2.23. The van der Waals surface area contributed by atoms with E-state index in [1.54, 1.807) is 7.11 Å². The maximum atomic E-state index is 10.9. The fraction of sp³-hybridized carbons (Fsp3) is 0.462. The van der Waals surface area contributed by atoms with Crippen molar-refractivity contribution in [1.82, 2.24) is 0 Å². The smallest absolute Gasteiger partial charge is 0.222 e. The van der Waals surface area contributed by atoms with Gasteiger partial charge in [0.15, 0.2) is 0 Å². The molecule has 1 rings (SSSR count). The van der Waals surface area contributed by atoms with Gasteiger partial charge in [-0.05, 0) is 48.1 Å². The van der Waals surface area contributed by atoms with E-state index in [2.05, 4.69) is 13.0 Å². The lowest BCUT2D eigenvalue weighted by molar-refractivity contribution is -0.112. The van der Waals surface area contributed by atoms with E-state index in [9.17, 15) is 4.79 Å². The van der Waals surface area contributed by atoms with Crippen LogP contribution in [-0.4, -0.2) is 12.4 Å². The number of methoxy groups -OCH3 is 1. The van der Waals surface area contributed by atoms with Crippen LogP contribution < -0.4 is 4.74 Å². The SMILES string of the molecule is CCC(CC(=O)Cl)c1ccc(OC)c(C)c1. The highest BCUT2D eigenvalue weighted by molar-refractivity contribution is 6.63. The third-order valence-electron chi connectivity index (χ3n) is 2.79. The molecule has 0 radical (unpaired) electrons. The van der Waals surface area contributed by atoms with Crippen LogP contribution in [0.2, 0.25) is 0 Å². The van der Waals surface area contributed by atoms with Crippen LogP contribution in [0.4, 0.5) is 0 Å². The highest BCUT2D eigenvalue weighted by atomic mass is 35.5. The van der Waals surface area contributed by atoms with Crippen LogP contribution in [0.25, 0.3) is 0 Å². The molecule has 16 heavy (non-hydrogen) atoms. The fourth-order valence-corrected chi connectivity index (χ4v) is 2.03. The molecule has 3 heteroatoms. The van der Waals surface area contributed by atoms with Crippen LogP contribution in [0, 0.1) is 6.92 Å². The van der Waals surface area contributed by atoms with E-state index < -0.39 is 0 Å². The zero-order chi connectivity index (χ0) is 12.1. The lowest BCUT2D eigenvalue weighted by atomic mass is 9.92. The number of carbonyl (C=O) groups is 1. The maximum Gasteiger partial charge on any atom is 0.222 e. The number of halogens is 1. The molecule has 0 aliphatic heterocycles. The summed E-state index contributed by atoms with van der Waals surface area (Å²) in [6, 6.07) is 6.00. The Morgan fingerprint density at radius 2 is 2.19 bits per heavy atom. The van der Waals surface area contributed by atoms with Gasteiger partial charge >= 0.3 is 0 Å². The van der Waals surface area contributed by atoms with Crippen molar-refractivity contribution in [2.75, 3.05) is 7.11 Å². The molecule has 0 bridgehead atoms. The van der Waals surface area contributed by atoms with Crippen molar-refractivity contribution >= 4 is 16.8 Å². The normalized spacial score (nSPS) is 12.2. The number of benzene rings is 1. The minimum absolute atomic E-state index is 0.203. The Labute approximate surface area is 102 Å². The summed E-state index contributed by atoms with van der Waals surface area (Å²) in [5, 5.41) is -0.277. The molecule has 2 nitrogen and oxygen atoms in total. The molecule has 0 saturated carbocycles. The number of rotatable bonds is 5. The first-order valence-electron chi connectivity index (χ1n) is 5.41. The van der Waals surface area contributed by atoms with Crippen molar-refractivity contribution in [2.45, 2.75) is 32.6 Å². The molecular formula is C13H17ClO2. The summed E-state index contributed by atoms with van der Waals surface area (Å²) in [7, 11) is 1.65. The number of carbonyl (C=O) groups excluding carboxylic acids is 1. The Morgan fingerprint density at radius 3 is 2.62 bits per heavy atom. The topological polar surface area (TPSA) is 26.3 Å². The molecule has 0 amide bonds. The first-order chi connectivity index (χ1) is 7.58. The summed E-state index contributed by atoms with van der Waals surface area (Å²) in [5.74, 6) is 1.07. The monoisotopic (exact) mass is 240 g/mol. The zero-order valence-electron chi connectivity index (χ0n) is 9.92. The lowest BCUT2D eigenvalue weighted by Gasteiger charge is -2.15. The van der Waals surface area contributed by atoms with Gasteiger partial charge in [-0.15, -0.1) is 0 Å². The number of ether oxygens (including phenoxy) is 1. The zero-order valence-corrected chi connectivity index (χ0v) is 10.7. The molecule has 1 unspecified atom stereocenters. The van der Waals surface area contributed by atoms with Crippen molar-refractivity contribution in [3.63, 3.8) is 0 Å². The van der Waals surface area contributed by atoms with Gasteiger partial charge in [0.1, 0.15) is 5.75 Å². The molecule has 0 aromatic heterocycles. The van der Waals surface area contributed by atoms with Crippen LogP contribution in [0.5, 0.6) is 5.75 Å². The van der Waals surface area contributed by atoms with Gasteiger partial charge in [0.25, 0.3) is 0 Å². The first kappa shape index (κ1) is 13.0.